The summed E-state index contributed by atoms with van der Waals surface area (Å²) in [6.07, 6.45) is 2.92. The molecule has 0 radical (unpaired) electrons. The number of para-hydroxylation sites is 2. The number of carbonyl (C=O) groups excluding carboxylic acids is 2. The van der Waals surface area contributed by atoms with E-state index < -0.39 is 11.8 Å². The summed E-state index contributed by atoms with van der Waals surface area (Å²) < 4.78 is 0. The Morgan fingerprint density at radius 2 is 1.89 bits per heavy atom. The predicted molar refractivity (Wildman–Crippen MR) is 69.3 cm³/mol. The van der Waals surface area contributed by atoms with Crippen LogP contribution in [0, 0.1) is 0 Å². The summed E-state index contributed by atoms with van der Waals surface area (Å²) >= 11 is 0. The Kier molecular flexibility index (Phi) is 5.70. The maximum atomic E-state index is 11.5. The van der Waals surface area contributed by atoms with Crippen molar-refractivity contribution in [3.05, 3.63) is 24.3 Å². The van der Waals surface area contributed by atoms with E-state index in [9.17, 15) is 14.7 Å². The molecule has 0 bridgehead atoms. The molecule has 0 saturated heterocycles. The third kappa shape index (κ3) is 4.45. The molecule has 0 unspecified atom stereocenters. The topological polar surface area (TPSA) is 78.4 Å². The molecule has 1 aromatic rings. The van der Waals surface area contributed by atoms with E-state index in [1.165, 1.54) is 12.1 Å². The minimum atomic E-state index is -0.770. The molecule has 0 fully saturated rings. The first-order valence-corrected chi connectivity index (χ1v) is 6.02. The van der Waals surface area contributed by atoms with Crippen molar-refractivity contribution >= 4 is 17.5 Å². The van der Waals surface area contributed by atoms with Crippen LogP contribution in [0.5, 0.6) is 5.75 Å². The molecule has 98 valence electrons. The summed E-state index contributed by atoms with van der Waals surface area (Å²) in [4.78, 5) is 22.9. The van der Waals surface area contributed by atoms with E-state index in [4.69, 9.17) is 0 Å². The monoisotopic (exact) mass is 250 g/mol. The molecular weight excluding hydrogens is 232 g/mol. The molecule has 0 aliphatic rings. The molecular formula is C13H18N2O3. The molecule has 3 N–H and O–H groups in total. The Balaban J connectivity index is 2.41. The SMILES string of the molecule is CCCCCNC(=O)C(=O)Nc1ccccc1O. The van der Waals surface area contributed by atoms with Crippen LogP contribution in [0.3, 0.4) is 0 Å². The Hall–Kier alpha value is -2.04. The van der Waals surface area contributed by atoms with E-state index in [0.29, 0.717) is 6.54 Å². The number of carbonyl (C=O) groups is 2. The van der Waals surface area contributed by atoms with E-state index in [2.05, 4.69) is 17.6 Å². The van der Waals surface area contributed by atoms with Crippen molar-refractivity contribution in [2.75, 3.05) is 11.9 Å². The van der Waals surface area contributed by atoms with Crippen molar-refractivity contribution in [2.24, 2.45) is 0 Å². The first-order valence-electron chi connectivity index (χ1n) is 6.02. The number of nitrogens with one attached hydrogen (secondary N) is 2. The maximum Gasteiger partial charge on any atom is 0.313 e. The van der Waals surface area contributed by atoms with Crippen LogP contribution in [-0.2, 0) is 9.59 Å². The number of unbranched alkanes of at least 4 members (excludes halogenated alkanes) is 2. The van der Waals surface area contributed by atoms with E-state index in [0.717, 1.165) is 19.3 Å². The molecule has 1 rings (SSSR count). The van der Waals surface area contributed by atoms with Crippen molar-refractivity contribution in [3.63, 3.8) is 0 Å². The van der Waals surface area contributed by atoms with Crippen LogP contribution in [-0.4, -0.2) is 23.5 Å². The third-order valence-corrected chi connectivity index (χ3v) is 2.42. The summed E-state index contributed by atoms with van der Waals surface area (Å²) in [5, 5.41) is 14.3. The van der Waals surface area contributed by atoms with Crippen LogP contribution < -0.4 is 10.6 Å². The molecule has 18 heavy (non-hydrogen) atoms. The fourth-order valence-electron chi connectivity index (χ4n) is 1.42. The number of aromatic hydroxyl groups is 1. The highest BCUT2D eigenvalue weighted by molar-refractivity contribution is 6.39. The average Bonchev–Trinajstić information content (AvgIpc) is 2.37. The number of anilines is 1. The van der Waals surface area contributed by atoms with Crippen LogP contribution >= 0.6 is 0 Å². The van der Waals surface area contributed by atoms with Gasteiger partial charge in [0.25, 0.3) is 0 Å². The highest BCUT2D eigenvalue weighted by Crippen LogP contribution is 2.21. The Morgan fingerprint density at radius 1 is 1.17 bits per heavy atom. The van der Waals surface area contributed by atoms with Gasteiger partial charge < -0.3 is 15.7 Å². The molecule has 2 amide bonds. The quantitative estimate of drug-likeness (QED) is 0.422. The fraction of sp³-hybridized carbons (Fsp3) is 0.385. The van der Waals surface area contributed by atoms with Gasteiger partial charge in [0, 0.05) is 6.54 Å². The van der Waals surface area contributed by atoms with Crippen LogP contribution in [0.15, 0.2) is 24.3 Å². The Morgan fingerprint density at radius 3 is 2.56 bits per heavy atom. The zero-order valence-electron chi connectivity index (χ0n) is 10.4. The summed E-state index contributed by atoms with van der Waals surface area (Å²) in [5.41, 5.74) is 0.228. The number of phenolic OH excluding ortho intramolecular Hbond substituents is 1. The molecule has 0 saturated carbocycles. The number of benzene rings is 1. The van der Waals surface area contributed by atoms with Crippen molar-refractivity contribution in [1.82, 2.24) is 5.32 Å². The summed E-state index contributed by atoms with van der Waals surface area (Å²) in [7, 11) is 0. The van der Waals surface area contributed by atoms with Gasteiger partial charge in [-0.05, 0) is 18.6 Å². The van der Waals surface area contributed by atoms with Gasteiger partial charge in [0.1, 0.15) is 5.75 Å². The van der Waals surface area contributed by atoms with Crippen LogP contribution in [0.2, 0.25) is 0 Å². The van der Waals surface area contributed by atoms with Crippen molar-refractivity contribution in [2.45, 2.75) is 26.2 Å². The fourth-order valence-corrected chi connectivity index (χ4v) is 1.42. The molecule has 0 aliphatic heterocycles. The molecule has 0 heterocycles. The number of hydrogen-bond donors (Lipinski definition) is 3. The predicted octanol–water partition coefficient (Wildman–Crippen LogP) is 1.64. The standard InChI is InChI=1S/C13H18N2O3/c1-2-3-6-9-14-12(17)13(18)15-10-7-4-5-8-11(10)16/h4-5,7-8,16H,2-3,6,9H2,1H3,(H,14,17)(H,15,18). The van der Waals surface area contributed by atoms with Crippen LogP contribution in [0.4, 0.5) is 5.69 Å². The minimum Gasteiger partial charge on any atom is -0.506 e. The number of phenols is 1. The normalized spacial score (nSPS) is 9.83. The summed E-state index contributed by atoms with van der Waals surface area (Å²) in [5.74, 6) is -1.52. The minimum absolute atomic E-state index is 0.0652. The largest absolute Gasteiger partial charge is 0.506 e. The zero-order chi connectivity index (χ0) is 13.4. The lowest BCUT2D eigenvalue weighted by molar-refractivity contribution is -0.136. The van der Waals surface area contributed by atoms with E-state index >= 15 is 0 Å². The van der Waals surface area contributed by atoms with Crippen molar-refractivity contribution < 1.29 is 14.7 Å². The van der Waals surface area contributed by atoms with Gasteiger partial charge in [-0.3, -0.25) is 9.59 Å². The second-order valence-corrected chi connectivity index (χ2v) is 3.93. The van der Waals surface area contributed by atoms with Gasteiger partial charge in [0.05, 0.1) is 5.69 Å². The highest BCUT2D eigenvalue weighted by Gasteiger charge is 2.14. The van der Waals surface area contributed by atoms with Gasteiger partial charge in [0.15, 0.2) is 0 Å². The third-order valence-electron chi connectivity index (χ3n) is 2.42. The molecule has 5 heteroatoms. The smallest absolute Gasteiger partial charge is 0.313 e. The number of rotatable bonds is 5. The highest BCUT2D eigenvalue weighted by atomic mass is 16.3. The van der Waals surface area contributed by atoms with Gasteiger partial charge in [-0.1, -0.05) is 31.9 Å². The average molecular weight is 250 g/mol. The van der Waals surface area contributed by atoms with Gasteiger partial charge in [-0.2, -0.15) is 0 Å². The van der Waals surface area contributed by atoms with E-state index in [1.54, 1.807) is 12.1 Å². The molecule has 0 atom stereocenters. The van der Waals surface area contributed by atoms with E-state index in [1.807, 2.05) is 0 Å². The van der Waals surface area contributed by atoms with Gasteiger partial charge >= 0.3 is 11.8 Å². The number of hydrogen-bond acceptors (Lipinski definition) is 3. The summed E-state index contributed by atoms with van der Waals surface area (Å²) in [6, 6.07) is 6.26. The lowest BCUT2D eigenvalue weighted by Crippen LogP contribution is -2.35. The second-order valence-electron chi connectivity index (χ2n) is 3.93. The van der Waals surface area contributed by atoms with Crippen LogP contribution in [0.25, 0.3) is 0 Å². The van der Waals surface area contributed by atoms with Crippen molar-refractivity contribution in [3.8, 4) is 5.75 Å². The van der Waals surface area contributed by atoms with Gasteiger partial charge in [0.2, 0.25) is 0 Å². The zero-order valence-corrected chi connectivity index (χ0v) is 10.4. The van der Waals surface area contributed by atoms with Crippen molar-refractivity contribution in [1.29, 1.82) is 0 Å². The Labute approximate surface area is 106 Å². The molecule has 0 aliphatic carbocycles. The maximum absolute atomic E-state index is 11.5. The Bertz CT molecular complexity index is 418. The molecule has 0 spiro atoms. The second kappa shape index (κ2) is 7.32. The van der Waals surface area contributed by atoms with Gasteiger partial charge in [-0.15, -0.1) is 0 Å². The lowest BCUT2D eigenvalue weighted by Gasteiger charge is -2.07. The van der Waals surface area contributed by atoms with Crippen LogP contribution in [0.1, 0.15) is 26.2 Å². The first kappa shape index (κ1) is 14.0. The van der Waals surface area contributed by atoms with E-state index in [-0.39, 0.29) is 11.4 Å². The molecule has 0 aromatic heterocycles. The van der Waals surface area contributed by atoms with Gasteiger partial charge in [-0.25, -0.2) is 0 Å². The lowest BCUT2D eigenvalue weighted by atomic mass is 10.2. The summed E-state index contributed by atoms with van der Waals surface area (Å²) in [6.45, 7) is 2.55. The molecule has 5 nitrogen and oxygen atoms in total. The first-order chi connectivity index (χ1) is 8.65. The molecule has 1 aromatic carbocycles. The number of amides is 2.